The second-order valence-electron chi connectivity index (χ2n) is 7.34. The van der Waals surface area contributed by atoms with Crippen LogP contribution in [0.1, 0.15) is 0 Å². The zero-order valence-corrected chi connectivity index (χ0v) is 16.5. The molecule has 0 N–H and O–H groups in total. The van der Waals surface area contributed by atoms with Gasteiger partial charge in [0.05, 0.1) is 62.1 Å². The first-order chi connectivity index (χ1) is 10.5. The van der Waals surface area contributed by atoms with E-state index in [1.54, 1.807) is 6.08 Å². The molecule has 0 saturated carbocycles. The summed E-state index contributed by atoms with van der Waals surface area (Å²) in [5.41, 5.74) is 0. The van der Waals surface area contributed by atoms with Crippen molar-refractivity contribution in [2.24, 2.45) is 0 Å². The number of ether oxygens (including phenoxy) is 1. The maximum Gasteiger partial charge on any atom is 0.475 e. The van der Waals surface area contributed by atoms with Gasteiger partial charge in [0.2, 0.25) is 0 Å². The Labute approximate surface area is 141 Å². The highest BCUT2D eigenvalue weighted by Gasteiger charge is 2.28. The number of likely N-dealkylation sites (N-methyl/N-ethyl adjacent to an activating group) is 2. The Hall–Kier alpha value is -0.270. The molecule has 0 rings (SSSR count). The summed E-state index contributed by atoms with van der Waals surface area (Å²) in [6.07, 6.45) is 1.65. The summed E-state index contributed by atoms with van der Waals surface area (Å²) in [5.74, 6) is 0. The molecule has 0 spiro atoms. The van der Waals surface area contributed by atoms with E-state index in [1.165, 1.54) is 0 Å². The number of phosphoric acid groups is 1. The summed E-state index contributed by atoms with van der Waals surface area (Å²) in [6.45, 7) is 6.48. The van der Waals surface area contributed by atoms with E-state index < -0.39 is 7.82 Å². The molecule has 0 aliphatic heterocycles. The van der Waals surface area contributed by atoms with E-state index in [9.17, 15) is 4.57 Å². The molecule has 0 atom stereocenters. The van der Waals surface area contributed by atoms with Gasteiger partial charge in [-0.25, -0.2) is 4.57 Å². The lowest BCUT2D eigenvalue weighted by Crippen LogP contribution is -2.38. The van der Waals surface area contributed by atoms with Gasteiger partial charge in [0, 0.05) is 0 Å². The molecular formula is C15H35N2O5P+2. The van der Waals surface area contributed by atoms with Gasteiger partial charge in [0.1, 0.15) is 26.3 Å². The second-order valence-corrected chi connectivity index (χ2v) is 9.01. The van der Waals surface area contributed by atoms with E-state index in [0.717, 1.165) is 0 Å². The highest BCUT2D eigenvalue weighted by molar-refractivity contribution is 7.48. The van der Waals surface area contributed by atoms with Crippen LogP contribution in [0.15, 0.2) is 12.7 Å². The number of nitrogens with zero attached hydrogens (tertiary/aromatic N) is 2. The Morgan fingerprint density at radius 3 is 1.65 bits per heavy atom. The molecule has 0 heterocycles. The molecule has 0 aromatic heterocycles. The van der Waals surface area contributed by atoms with Gasteiger partial charge < -0.3 is 13.7 Å². The van der Waals surface area contributed by atoms with Gasteiger partial charge in [-0.1, -0.05) is 6.08 Å². The molecular weight excluding hydrogens is 319 g/mol. The molecule has 0 fully saturated rings. The molecule has 0 amide bonds. The first-order valence-corrected chi connectivity index (χ1v) is 9.27. The van der Waals surface area contributed by atoms with Crippen LogP contribution in [-0.4, -0.2) is 97.4 Å². The third-order valence-electron chi connectivity index (χ3n) is 2.74. The molecule has 0 bridgehead atoms. The van der Waals surface area contributed by atoms with Crippen LogP contribution in [0.5, 0.6) is 0 Å². The molecule has 0 aromatic carbocycles. The first kappa shape index (κ1) is 22.7. The smallest absolute Gasteiger partial charge is 0.375 e. The van der Waals surface area contributed by atoms with E-state index in [1.807, 2.05) is 42.3 Å². The van der Waals surface area contributed by atoms with Gasteiger partial charge in [0.15, 0.2) is 0 Å². The minimum atomic E-state index is -3.57. The lowest BCUT2D eigenvalue weighted by atomic mass is 10.5. The quantitative estimate of drug-likeness (QED) is 0.206. The molecule has 0 radical (unpaired) electrons. The topological polar surface area (TPSA) is 54.0 Å². The minimum Gasteiger partial charge on any atom is -0.375 e. The van der Waals surface area contributed by atoms with E-state index in [-0.39, 0.29) is 6.61 Å². The average molecular weight is 354 g/mol. The highest BCUT2D eigenvalue weighted by Crippen LogP contribution is 2.49. The molecule has 8 heteroatoms. The van der Waals surface area contributed by atoms with Crippen molar-refractivity contribution >= 4 is 7.82 Å². The molecule has 0 aromatic rings. The average Bonchev–Trinajstić information content (AvgIpc) is 2.35. The summed E-state index contributed by atoms with van der Waals surface area (Å²) >= 11 is 0. The maximum atomic E-state index is 12.7. The van der Waals surface area contributed by atoms with E-state index in [0.29, 0.717) is 48.5 Å². The van der Waals surface area contributed by atoms with Gasteiger partial charge in [-0.3, -0.25) is 13.6 Å². The van der Waals surface area contributed by atoms with Crippen LogP contribution in [0.2, 0.25) is 0 Å². The third kappa shape index (κ3) is 15.0. The fourth-order valence-electron chi connectivity index (χ4n) is 1.34. The Bertz CT molecular complexity index is 353. The van der Waals surface area contributed by atoms with Gasteiger partial charge in [0.25, 0.3) is 0 Å². The minimum absolute atomic E-state index is 0.153. The number of quaternary nitrogens is 2. The number of hydrogen-bond acceptors (Lipinski definition) is 5. The van der Waals surface area contributed by atoms with Crippen LogP contribution in [0.4, 0.5) is 0 Å². The van der Waals surface area contributed by atoms with Crippen LogP contribution in [0.3, 0.4) is 0 Å². The largest absolute Gasteiger partial charge is 0.475 e. The lowest BCUT2D eigenvalue weighted by Gasteiger charge is -2.26. The number of hydrogen-bond donors (Lipinski definition) is 0. The highest BCUT2D eigenvalue weighted by atomic mass is 31.2. The van der Waals surface area contributed by atoms with Crippen LogP contribution >= 0.6 is 7.82 Å². The normalized spacial score (nSPS) is 13.3. The summed E-state index contributed by atoms with van der Waals surface area (Å²) in [4.78, 5) is 0. The summed E-state index contributed by atoms with van der Waals surface area (Å²) in [7, 11) is 8.66. The van der Waals surface area contributed by atoms with Crippen molar-refractivity contribution < 1.29 is 31.8 Å². The molecule has 0 unspecified atom stereocenters. The van der Waals surface area contributed by atoms with Crippen LogP contribution < -0.4 is 0 Å². The van der Waals surface area contributed by atoms with Crippen molar-refractivity contribution in [1.29, 1.82) is 0 Å². The fourth-order valence-corrected chi connectivity index (χ4v) is 2.47. The molecule has 23 heavy (non-hydrogen) atoms. The Balaban J connectivity index is 4.38. The van der Waals surface area contributed by atoms with Gasteiger partial charge in [-0.2, -0.15) is 0 Å². The van der Waals surface area contributed by atoms with Crippen LogP contribution in [0, 0.1) is 0 Å². The summed E-state index contributed by atoms with van der Waals surface area (Å²) in [6, 6.07) is 0. The fraction of sp³-hybridized carbons (Fsp3) is 0.867. The van der Waals surface area contributed by atoms with Gasteiger partial charge in [-0.15, -0.1) is 6.58 Å². The van der Waals surface area contributed by atoms with Gasteiger partial charge in [-0.05, 0) is 0 Å². The van der Waals surface area contributed by atoms with E-state index >= 15 is 0 Å². The van der Waals surface area contributed by atoms with Crippen molar-refractivity contribution in [3.8, 4) is 0 Å². The van der Waals surface area contributed by atoms with E-state index in [4.69, 9.17) is 18.3 Å². The number of rotatable bonds is 14. The zero-order valence-electron chi connectivity index (χ0n) is 15.6. The lowest BCUT2D eigenvalue weighted by molar-refractivity contribution is -0.870. The molecule has 138 valence electrons. The Kier molecular flexibility index (Phi) is 10.4. The van der Waals surface area contributed by atoms with Crippen molar-refractivity contribution in [3.05, 3.63) is 12.7 Å². The zero-order chi connectivity index (χ0) is 18.0. The van der Waals surface area contributed by atoms with Crippen molar-refractivity contribution in [3.63, 3.8) is 0 Å². The van der Waals surface area contributed by atoms with Crippen molar-refractivity contribution in [1.82, 2.24) is 0 Å². The molecule has 0 aliphatic rings. The van der Waals surface area contributed by atoms with Crippen LogP contribution in [-0.2, 0) is 22.9 Å². The van der Waals surface area contributed by atoms with Crippen molar-refractivity contribution in [2.45, 2.75) is 0 Å². The van der Waals surface area contributed by atoms with Gasteiger partial charge >= 0.3 is 7.82 Å². The summed E-state index contributed by atoms with van der Waals surface area (Å²) in [5, 5.41) is 0. The van der Waals surface area contributed by atoms with Crippen LogP contribution in [0.25, 0.3) is 0 Å². The van der Waals surface area contributed by atoms with Crippen molar-refractivity contribution in [2.75, 3.05) is 88.4 Å². The Morgan fingerprint density at radius 1 is 0.826 bits per heavy atom. The standard InChI is InChI=1S/C15H35N2O5P/c1-8-11-19-14-15-22-23(18,20-12-9-16(2,3)4)21-13-10-17(5,6)7/h8H,1,9-15H2,2-7H3/q+2. The molecule has 7 nitrogen and oxygen atoms in total. The molecule has 0 aliphatic carbocycles. The second kappa shape index (κ2) is 10.6. The SMILES string of the molecule is C=CCOCCOP(=O)(OCC[N+](C)(C)C)OCC[N+](C)(C)C. The van der Waals surface area contributed by atoms with E-state index in [2.05, 4.69) is 6.58 Å². The summed E-state index contributed by atoms with van der Waals surface area (Å²) < 4.78 is 35.5. The predicted molar refractivity (Wildman–Crippen MR) is 92.3 cm³/mol. The Morgan fingerprint density at radius 2 is 1.26 bits per heavy atom. The third-order valence-corrected chi connectivity index (χ3v) is 4.23. The monoisotopic (exact) mass is 354 g/mol. The number of phosphoric ester groups is 1. The maximum absolute atomic E-state index is 12.7. The molecule has 0 saturated heterocycles. The predicted octanol–water partition coefficient (Wildman–Crippen LogP) is 1.76. The first-order valence-electron chi connectivity index (χ1n) is 7.81.